The lowest BCUT2D eigenvalue weighted by molar-refractivity contribution is -0.171. The Morgan fingerprint density at radius 3 is 2.44 bits per heavy atom. The van der Waals surface area contributed by atoms with Gasteiger partial charge in [-0.3, -0.25) is 14.4 Å². The molecule has 3 aliphatic carbocycles. The number of hydrogen-bond acceptors (Lipinski definition) is 7. The molecular weight excluding hydrogens is 460 g/mol. The van der Waals surface area contributed by atoms with Crippen molar-refractivity contribution in [1.82, 2.24) is 0 Å². The van der Waals surface area contributed by atoms with Gasteiger partial charge >= 0.3 is 0 Å². The lowest BCUT2D eigenvalue weighted by Gasteiger charge is -2.59. The maximum atomic E-state index is 14.0. The van der Waals surface area contributed by atoms with Gasteiger partial charge in [-0.25, -0.2) is 0 Å². The minimum absolute atomic E-state index is 0.0262. The number of ether oxygens (including phenoxy) is 1. The number of carbonyl (C=O) groups excluding carboxylic acids is 3. The zero-order valence-electron chi connectivity index (χ0n) is 21.9. The summed E-state index contributed by atoms with van der Waals surface area (Å²) in [6, 6.07) is 5.41. The van der Waals surface area contributed by atoms with Crippen LogP contribution in [0.5, 0.6) is 5.75 Å². The summed E-state index contributed by atoms with van der Waals surface area (Å²) in [6.45, 7) is 10.8. The van der Waals surface area contributed by atoms with Crippen LogP contribution < -0.4 is 4.74 Å². The average molecular weight is 497 g/mol. The molecule has 3 aliphatic rings. The summed E-state index contributed by atoms with van der Waals surface area (Å²) >= 11 is 0. The van der Waals surface area contributed by atoms with Crippen LogP contribution in [0, 0.1) is 22.7 Å². The van der Waals surface area contributed by atoms with Crippen molar-refractivity contribution in [3.63, 3.8) is 0 Å². The topological polar surface area (TPSA) is 121 Å². The Labute approximate surface area is 211 Å². The third-order valence-corrected chi connectivity index (χ3v) is 8.48. The normalized spacial score (nSPS) is 31.8. The Morgan fingerprint density at radius 2 is 1.86 bits per heavy atom. The first-order valence-corrected chi connectivity index (χ1v) is 12.7. The van der Waals surface area contributed by atoms with E-state index >= 15 is 0 Å². The first-order valence-electron chi connectivity index (χ1n) is 12.7. The van der Waals surface area contributed by atoms with E-state index in [1.165, 1.54) is 0 Å². The van der Waals surface area contributed by atoms with Crippen LogP contribution >= 0.6 is 0 Å². The van der Waals surface area contributed by atoms with Crippen molar-refractivity contribution in [3.8, 4) is 5.75 Å². The van der Waals surface area contributed by atoms with Crippen LogP contribution in [0.3, 0.4) is 0 Å². The molecule has 0 bridgehead atoms. The summed E-state index contributed by atoms with van der Waals surface area (Å²) in [5, 5.41) is 34.9. The molecule has 4 rings (SSSR count). The number of unbranched alkanes of at least 4 members (excludes halogenated alkanes) is 1. The fourth-order valence-corrected chi connectivity index (χ4v) is 7.12. The number of fused-ring (bicyclic) bond motifs is 3. The molecular formula is C29H36O7. The van der Waals surface area contributed by atoms with Gasteiger partial charge in [0.15, 0.2) is 17.2 Å². The van der Waals surface area contributed by atoms with E-state index in [2.05, 4.69) is 0 Å². The quantitative estimate of drug-likeness (QED) is 0.381. The molecule has 4 atom stereocenters. The average Bonchev–Trinajstić information content (AvgIpc) is 2.76. The predicted molar refractivity (Wildman–Crippen MR) is 134 cm³/mol. The number of aliphatic hydroxyl groups excluding tert-OH is 2. The van der Waals surface area contributed by atoms with Crippen molar-refractivity contribution >= 4 is 17.3 Å². The van der Waals surface area contributed by atoms with Gasteiger partial charge in [0, 0.05) is 22.3 Å². The van der Waals surface area contributed by atoms with Crippen molar-refractivity contribution in [2.24, 2.45) is 22.7 Å². The molecule has 0 saturated carbocycles. The van der Waals surface area contributed by atoms with Gasteiger partial charge in [0.05, 0.1) is 12.2 Å². The van der Waals surface area contributed by atoms with Gasteiger partial charge in [-0.2, -0.15) is 0 Å². The molecule has 0 aromatic heterocycles. The SMILES string of the molecule is CCCCOc1cccc2c1C(=O)C1=C(O)[C@@]3(O)C(=O)C(C(C)=O)=C(O)C(C(C)C)[C@@]3(C)C[C@@]1(C)C2. The summed E-state index contributed by atoms with van der Waals surface area (Å²) < 4.78 is 5.91. The van der Waals surface area contributed by atoms with E-state index in [0.29, 0.717) is 24.3 Å². The fourth-order valence-electron chi connectivity index (χ4n) is 7.12. The van der Waals surface area contributed by atoms with Gasteiger partial charge in [-0.15, -0.1) is 0 Å². The number of carbonyl (C=O) groups is 3. The number of ketones is 3. The standard InChI is InChI=1S/C29H36O7/c1-7-8-12-36-18-11-9-10-17-13-27(5)14-28(6)21(15(2)3)23(31)19(16(4)30)25(33)29(28,35)26(34)22(27)24(32)20(17)18/h9-11,15,21,31,34-35H,7-8,12-14H2,1-6H3/t21?,27-,28-,29+/m1/s1. The molecule has 36 heavy (non-hydrogen) atoms. The van der Waals surface area contributed by atoms with E-state index in [-0.39, 0.29) is 23.7 Å². The lowest BCUT2D eigenvalue weighted by Crippen LogP contribution is -2.67. The number of benzene rings is 1. The van der Waals surface area contributed by atoms with Gasteiger partial charge in [0.1, 0.15) is 22.8 Å². The predicted octanol–water partition coefficient (Wildman–Crippen LogP) is 4.82. The Morgan fingerprint density at radius 1 is 1.19 bits per heavy atom. The van der Waals surface area contributed by atoms with Crippen LogP contribution in [-0.2, 0) is 16.0 Å². The highest BCUT2D eigenvalue weighted by molar-refractivity contribution is 6.25. The second-order valence-corrected chi connectivity index (χ2v) is 11.5. The number of rotatable bonds is 6. The molecule has 0 radical (unpaired) electrons. The van der Waals surface area contributed by atoms with Crippen molar-refractivity contribution < 1.29 is 34.4 Å². The first-order chi connectivity index (χ1) is 16.8. The summed E-state index contributed by atoms with van der Waals surface area (Å²) in [5.41, 5.74) is -4.26. The highest BCUT2D eigenvalue weighted by Crippen LogP contribution is 2.65. The summed E-state index contributed by atoms with van der Waals surface area (Å²) in [5.74, 6) is -3.99. The zero-order valence-corrected chi connectivity index (χ0v) is 21.9. The first kappa shape index (κ1) is 26.1. The van der Waals surface area contributed by atoms with E-state index in [1.807, 2.05) is 39.8 Å². The van der Waals surface area contributed by atoms with E-state index in [4.69, 9.17) is 4.74 Å². The van der Waals surface area contributed by atoms with E-state index in [9.17, 15) is 29.7 Å². The molecule has 3 N–H and O–H groups in total. The van der Waals surface area contributed by atoms with Gasteiger partial charge < -0.3 is 20.1 Å². The number of hydrogen-bond donors (Lipinski definition) is 3. The monoisotopic (exact) mass is 496 g/mol. The molecule has 7 heteroatoms. The molecule has 0 heterocycles. The third-order valence-electron chi connectivity index (χ3n) is 8.48. The summed E-state index contributed by atoms with van der Waals surface area (Å²) in [7, 11) is 0. The maximum Gasteiger partial charge on any atom is 0.209 e. The third kappa shape index (κ3) is 3.31. The van der Waals surface area contributed by atoms with Crippen molar-refractivity contribution in [1.29, 1.82) is 0 Å². The molecule has 1 aromatic carbocycles. The molecule has 194 valence electrons. The van der Waals surface area contributed by atoms with Crippen LogP contribution in [0.4, 0.5) is 0 Å². The van der Waals surface area contributed by atoms with Crippen molar-refractivity contribution in [2.45, 2.75) is 72.8 Å². The minimum atomic E-state index is -2.53. The summed E-state index contributed by atoms with van der Waals surface area (Å²) in [6.07, 6.45) is 2.27. The van der Waals surface area contributed by atoms with Crippen LogP contribution in [0.25, 0.3) is 0 Å². The van der Waals surface area contributed by atoms with E-state index in [1.54, 1.807) is 13.0 Å². The van der Waals surface area contributed by atoms with Gasteiger partial charge in [0.2, 0.25) is 5.78 Å². The molecule has 7 nitrogen and oxygen atoms in total. The molecule has 1 unspecified atom stereocenters. The number of aliphatic hydroxyl groups is 3. The Kier molecular flexibility index (Phi) is 6.23. The second-order valence-electron chi connectivity index (χ2n) is 11.5. The summed E-state index contributed by atoms with van der Waals surface area (Å²) in [4.78, 5) is 40.1. The maximum absolute atomic E-state index is 14.0. The van der Waals surface area contributed by atoms with Crippen LogP contribution in [-0.4, -0.2) is 44.9 Å². The Hall–Kier alpha value is -2.93. The Balaban J connectivity index is 1.98. The number of allylic oxidation sites excluding steroid dienone is 2. The molecule has 1 aromatic rings. The second kappa shape index (κ2) is 8.58. The largest absolute Gasteiger partial charge is 0.511 e. The highest BCUT2D eigenvalue weighted by atomic mass is 16.5. The van der Waals surface area contributed by atoms with Gasteiger partial charge in [-0.1, -0.05) is 53.2 Å². The van der Waals surface area contributed by atoms with Crippen molar-refractivity contribution in [2.75, 3.05) is 6.61 Å². The highest BCUT2D eigenvalue weighted by Gasteiger charge is 2.71. The molecule has 0 saturated heterocycles. The van der Waals surface area contributed by atoms with E-state index < -0.39 is 51.0 Å². The minimum Gasteiger partial charge on any atom is -0.511 e. The number of Topliss-reactive ketones (excluding diaryl/α,β-unsaturated/α-hetero) is 3. The molecule has 0 fully saturated rings. The smallest absolute Gasteiger partial charge is 0.209 e. The zero-order chi connectivity index (χ0) is 26.8. The van der Waals surface area contributed by atoms with E-state index in [0.717, 1.165) is 25.3 Å². The molecule has 0 spiro atoms. The van der Waals surface area contributed by atoms with Gasteiger partial charge in [0.25, 0.3) is 0 Å². The molecule has 0 amide bonds. The molecule has 0 aliphatic heterocycles. The fraction of sp³-hybridized carbons (Fsp3) is 0.552. The van der Waals surface area contributed by atoms with Gasteiger partial charge in [-0.05, 0) is 43.7 Å². The van der Waals surface area contributed by atoms with Crippen LogP contribution in [0.15, 0.2) is 40.9 Å². The van der Waals surface area contributed by atoms with Crippen LogP contribution in [0.2, 0.25) is 0 Å². The van der Waals surface area contributed by atoms with Crippen LogP contribution in [0.1, 0.15) is 76.7 Å². The Bertz CT molecular complexity index is 1220. The lowest BCUT2D eigenvalue weighted by atomic mass is 9.44. The van der Waals surface area contributed by atoms with Crippen molar-refractivity contribution in [3.05, 3.63) is 52.0 Å².